The van der Waals surface area contributed by atoms with Crippen LogP contribution in [0, 0.1) is 6.92 Å². The average Bonchev–Trinajstić information content (AvgIpc) is 2.94. The summed E-state index contributed by atoms with van der Waals surface area (Å²) >= 11 is 0. The Hall–Kier alpha value is -3.79. The molecule has 0 spiro atoms. The molecule has 9 heteroatoms. The molecule has 9 nitrogen and oxygen atoms in total. The molecule has 1 saturated heterocycles. The number of likely N-dealkylation sites (tertiary alicyclic amines) is 1. The molecule has 1 aromatic heterocycles. The number of aryl methyl sites for hydroxylation is 1. The monoisotopic (exact) mass is 517 g/mol. The van der Waals surface area contributed by atoms with Crippen molar-refractivity contribution in [2.75, 3.05) is 13.1 Å². The van der Waals surface area contributed by atoms with Gasteiger partial charge in [-0.15, -0.1) is 0 Å². The van der Waals surface area contributed by atoms with Gasteiger partial charge in [0, 0.05) is 43.1 Å². The highest BCUT2D eigenvalue weighted by Gasteiger charge is 2.33. The highest BCUT2D eigenvalue weighted by molar-refractivity contribution is 5.97. The second-order valence-corrected chi connectivity index (χ2v) is 9.56. The van der Waals surface area contributed by atoms with Gasteiger partial charge >= 0.3 is 0 Å². The molecule has 0 radical (unpaired) electrons. The predicted octanol–water partition coefficient (Wildman–Crippen LogP) is 2.13. The Morgan fingerprint density at radius 1 is 1.08 bits per heavy atom. The lowest BCUT2D eigenvalue weighted by molar-refractivity contribution is -0.127. The largest absolute Gasteiger partial charge is 0.489 e. The molecule has 0 bridgehead atoms. The van der Waals surface area contributed by atoms with Crippen LogP contribution < -0.4 is 21.1 Å². The topological polar surface area (TPSA) is 130 Å². The molecule has 1 unspecified atom stereocenters. The molecule has 2 amide bonds. The van der Waals surface area contributed by atoms with E-state index < -0.39 is 24.1 Å². The van der Waals surface area contributed by atoms with Crippen molar-refractivity contribution in [1.29, 1.82) is 0 Å². The first-order valence-corrected chi connectivity index (χ1v) is 12.8. The van der Waals surface area contributed by atoms with Crippen LogP contribution in [-0.2, 0) is 17.9 Å². The summed E-state index contributed by atoms with van der Waals surface area (Å²) in [5.74, 6) is -0.683. The van der Waals surface area contributed by atoms with E-state index in [4.69, 9.17) is 10.5 Å². The summed E-state index contributed by atoms with van der Waals surface area (Å²) in [5, 5.41) is 17.0. The second kappa shape index (κ2) is 13.1. The van der Waals surface area contributed by atoms with Crippen LogP contribution in [0.5, 0.6) is 5.75 Å². The van der Waals surface area contributed by atoms with Crippen LogP contribution in [0.2, 0.25) is 0 Å². The number of pyridine rings is 1. The Morgan fingerprint density at radius 3 is 2.45 bits per heavy atom. The minimum absolute atomic E-state index is 0.309. The number of hydrogen-bond acceptors (Lipinski definition) is 7. The first-order chi connectivity index (χ1) is 18.4. The van der Waals surface area contributed by atoms with Crippen molar-refractivity contribution in [3.05, 3.63) is 95.3 Å². The van der Waals surface area contributed by atoms with Gasteiger partial charge < -0.3 is 26.2 Å². The summed E-state index contributed by atoms with van der Waals surface area (Å²) in [5.41, 5.74) is 9.02. The van der Waals surface area contributed by atoms with Crippen molar-refractivity contribution < 1.29 is 19.4 Å². The van der Waals surface area contributed by atoms with Crippen LogP contribution in [0.15, 0.2) is 72.9 Å². The van der Waals surface area contributed by atoms with Gasteiger partial charge in [-0.3, -0.25) is 19.5 Å². The highest BCUT2D eigenvalue weighted by Crippen LogP contribution is 2.17. The number of ether oxygens (including phenoxy) is 1. The maximum Gasteiger partial charge on any atom is 0.252 e. The van der Waals surface area contributed by atoms with Crippen molar-refractivity contribution in [2.24, 2.45) is 5.73 Å². The number of amides is 2. The van der Waals surface area contributed by atoms with Gasteiger partial charge in [-0.25, -0.2) is 0 Å². The summed E-state index contributed by atoms with van der Waals surface area (Å²) in [4.78, 5) is 31.0. The molecule has 2 atom stereocenters. The first-order valence-electron chi connectivity index (χ1n) is 12.8. The van der Waals surface area contributed by atoms with E-state index >= 15 is 0 Å². The van der Waals surface area contributed by atoms with Gasteiger partial charge in [0.15, 0.2) is 0 Å². The SMILES string of the molecule is Cc1cc(COc2ccc(C(=O)N[C@H](C(N)=O)C(O)N3CCC(NCc4ccccc4)CC3)cc2)ccn1. The zero-order valence-electron chi connectivity index (χ0n) is 21.5. The van der Waals surface area contributed by atoms with Gasteiger partial charge in [0.25, 0.3) is 5.91 Å². The number of hydrogen-bond donors (Lipinski definition) is 4. The van der Waals surface area contributed by atoms with E-state index in [2.05, 4.69) is 27.8 Å². The number of rotatable bonds is 11. The molecule has 3 aromatic rings. The van der Waals surface area contributed by atoms with Gasteiger partial charge in [-0.2, -0.15) is 0 Å². The minimum Gasteiger partial charge on any atom is -0.489 e. The number of primary amides is 1. The van der Waals surface area contributed by atoms with Crippen molar-refractivity contribution in [1.82, 2.24) is 20.5 Å². The molecule has 2 heterocycles. The zero-order chi connectivity index (χ0) is 26.9. The number of nitrogens with zero attached hydrogens (tertiary/aromatic N) is 2. The van der Waals surface area contributed by atoms with Crippen molar-refractivity contribution >= 4 is 11.8 Å². The van der Waals surface area contributed by atoms with Crippen LogP contribution in [0.25, 0.3) is 0 Å². The lowest BCUT2D eigenvalue weighted by Gasteiger charge is -2.37. The molecule has 0 saturated carbocycles. The van der Waals surface area contributed by atoms with Gasteiger partial charge in [0.2, 0.25) is 5.91 Å². The summed E-state index contributed by atoms with van der Waals surface area (Å²) in [6.07, 6.45) is 2.14. The fraction of sp³-hybridized carbons (Fsp3) is 0.345. The van der Waals surface area contributed by atoms with Crippen LogP contribution in [0.1, 0.15) is 40.0 Å². The maximum atomic E-state index is 12.8. The lowest BCUT2D eigenvalue weighted by atomic mass is 10.0. The maximum absolute atomic E-state index is 12.8. The van der Waals surface area contributed by atoms with Gasteiger partial charge in [-0.1, -0.05) is 30.3 Å². The third kappa shape index (κ3) is 7.61. The van der Waals surface area contributed by atoms with Crippen LogP contribution >= 0.6 is 0 Å². The fourth-order valence-corrected chi connectivity index (χ4v) is 4.52. The minimum atomic E-state index is -1.23. The number of aliphatic hydroxyl groups excluding tert-OH is 1. The normalized spacial score (nSPS) is 15.9. The van der Waals surface area contributed by atoms with Crippen molar-refractivity contribution in [2.45, 2.75) is 51.2 Å². The van der Waals surface area contributed by atoms with Crippen LogP contribution in [-0.4, -0.2) is 58.2 Å². The molecule has 5 N–H and O–H groups in total. The van der Waals surface area contributed by atoms with E-state index in [0.717, 1.165) is 30.6 Å². The lowest BCUT2D eigenvalue weighted by Crippen LogP contribution is -2.59. The number of carbonyl (C=O) groups excluding carboxylic acids is 2. The second-order valence-electron chi connectivity index (χ2n) is 9.56. The first kappa shape index (κ1) is 27.3. The summed E-state index contributed by atoms with van der Waals surface area (Å²) < 4.78 is 5.78. The molecule has 200 valence electrons. The third-order valence-corrected chi connectivity index (χ3v) is 6.72. The average molecular weight is 518 g/mol. The molecule has 1 aliphatic rings. The third-order valence-electron chi connectivity index (χ3n) is 6.72. The number of benzene rings is 2. The number of nitrogens with two attached hydrogens (primary N) is 1. The predicted molar refractivity (Wildman–Crippen MR) is 144 cm³/mol. The smallest absolute Gasteiger partial charge is 0.252 e. The van der Waals surface area contributed by atoms with E-state index in [1.54, 1.807) is 35.4 Å². The van der Waals surface area contributed by atoms with Crippen molar-refractivity contribution in [3.8, 4) is 5.75 Å². The Labute approximate surface area is 223 Å². The fourth-order valence-electron chi connectivity index (χ4n) is 4.52. The Morgan fingerprint density at radius 2 is 1.79 bits per heavy atom. The summed E-state index contributed by atoms with van der Waals surface area (Å²) in [6, 6.07) is 19.7. The summed E-state index contributed by atoms with van der Waals surface area (Å²) in [7, 11) is 0. The molecule has 0 aliphatic carbocycles. The molecule has 2 aromatic carbocycles. The Kier molecular flexibility index (Phi) is 9.42. The molecule has 1 aliphatic heterocycles. The molecule has 4 rings (SSSR count). The van der Waals surface area contributed by atoms with E-state index in [-0.39, 0.29) is 0 Å². The zero-order valence-corrected chi connectivity index (χ0v) is 21.5. The molecule has 38 heavy (non-hydrogen) atoms. The number of aromatic nitrogens is 1. The van der Waals surface area contributed by atoms with E-state index in [0.29, 0.717) is 37.1 Å². The van der Waals surface area contributed by atoms with E-state index in [1.807, 2.05) is 37.3 Å². The van der Waals surface area contributed by atoms with Crippen LogP contribution in [0.4, 0.5) is 0 Å². The van der Waals surface area contributed by atoms with Crippen molar-refractivity contribution in [3.63, 3.8) is 0 Å². The number of aliphatic hydroxyl groups is 1. The van der Waals surface area contributed by atoms with E-state index in [1.165, 1.54) is 5.56 Å². The number of piperidine rings is 1. The highest BCUT2D eigenvalue weighted by atomic mass is 16.5. The number of carbonyl (C=O) groups is 2. The summed E-state index contributed by atoms with van der Waals surface area (Å²) in [6.45, 7) is 4.23. The van der Waals surface area contributed by atoms with Crippen LogP contribution in [0.3, 0.4) is 0 Å². The van der Waals surface area contributed by atoms with Gasteiger partial charge in [0.1, 0.15) is 24.6 Å². The quantitative estimate of drug-likeness (QED) is 0.307. The molecular formula is C29H35N5O4. The van der Waals surface area contributed by atoms with Gasteiger partial charge in [0.05, 0.1) is 0 Å². The number of nitrogens with one attached hydrogen (secondary N) is 2. The van der Waals surface area contributed by atoms with E-state index in [9.17, 15) is 14.7 Å². The molecule has 1 fully saturated rings. The Bertz CT molecular complexity index is 1200. The molecular weight excluding hydrogens is 482 g/mol. The van der Waals surface area contributed by atoms with Gasteiger partial charge in [-0.05, 0) is 67.3 Å². The standard InChI is InChI=1S/C29H35N5O4/c1-20-17-22(11-14-31-20)19-38-25-9-7-23(8-10-25)28(36)33-26(27(30)35)29(37)34-15-12-24(13-16-34)32-18-21-5-3-2-4-6-21/h2-11,14,17,24,26,29,32,37H,12-13,15-16,18-19H2,1H3,(H2,30,35)(H,33,36)/t26-,29?/m1/s1. The Balaban J connectivity index is 1.26.